The Bertz CT molecular complexity index is 1830. The molecule has 4 rings (SSSR count). The fraction of sp³-hybridized carbons (Fsp3) is 0.489. The van der Waals surface area contributed by atoms with Crippen molar-refractivity contribution in [2.75, 3.05) is 171 Å². The third kappa shape index (κ3) is 9.89. The second-order valence-electron chi connectivity index (χ2n) is 17.3. The molecule has 4 aromatic rings. The molecule has 0 N–H and O–H groups in total. The number of nitrogens with zero attached hydrogens (tertiary/aromatic N) is 9. The molecule has 0 heterocycles. The quantitative estimate of drug-likeness (QED) is 0.0752. The van der Waals surface area contributed by atoms with Crippen LogP contribution in [0, 0.1) is 27.7 Å². The largest absolute Gasteiger partial charge is 4.00 e. The zero-order chi connectivity index (χ0) is 41.8. The Morgan fingerprint density at radius 2 is 0.627 bits per heavy atom. The van der Waals surface area contributed by atoms with E-state index >= 15 is 0 Å². The van der Waals surface area contributed by atoms with Gasteiger partial charge >= 0.3 is 21.7 Å². The van der Waals surface area contributed by atoms with Crippen molar-refractivity contribution in [3.63, 3.8) is 0 Å². The maximum Gasteiger partial charge on any atom is 4.00 e. The van der Waals surface area contributed by atoms with Crippen molar-refractivity contribution in [2.45, 2.75) is 27.7 Å². The Morgan fingerprint density at radius 1 is 0.373 bits per heavy atom. The van der Waals surface area contributed by atoms with Gasteiger partial charge in [0.15, 0.2) is 8.07 Å². The number of halogens is 3. The van der Waals surface area contributed by atoms with Crippen molar-refractivity contribution in [3.05, 3.63) is 58.7 Å². The summed E-state index contributed by atoms with van der Waals surface area (Å²) < 4.78 is 0. The molecule has 0 amide bonds. The van der Waals surface area contributed by atoms with E-state index in [1.165, 1.54) is 94.2 Å². The average Bonchev–Trinajstić information content (AvgIpc) is 3.28. The van der Waals surface area contributed by atoms with Crippen LogP contribution in [-0.4, -0.2) is 135 Å². The van der Waals surface area contributed by atoms with E-state index in [0.29, 0.717) is 0 Å². The van der Waals surface area contributed by atoms with Crippen molar-refractivity contribution >= 4 is 80.0 Å². The van der Waals surface area contributed by atoms with Crippen LogP contribution in [0.3, 0.4) is 0 Å². The van der Waals surface area contributed by atoms with E-state index in [0.717, 1.165) is 0 Å². The van der Waals surface area contributed by atoms with E-state index < -0.39 is 8.07 Å². The predicted octanol–water partition coefficient (Wildman–Crippen LogP) is -4.38. The molecular weight excluding hydrogens is 849 g/mol. The molecule has 0 bridgehead atoms. The van der Waals surface area contributed by atoms with Crippen LogP contribution >= 0.6 is 0 Å². The standard InChI is InChI=1S/C45H72N9Si.3ClH.Ti/c1-29-30(2)32(4)45(31(29)3)55(39-26-33(46(5)6)23-36(49(11)12)42(39)52(17)18,40-27-34(47(7)8)24-37(50(13)14)43(40)53(19)20)41-28-35(48(9)10)25-38(51(15)16)44(41)54(21)22;;;;/h23-28H,1-22H3;3*1H;/q-1;;;;+4/p-3. The average molecular weight is 921 g/mol. The summed E-state index contributed by atoms with van der Waals surface area (Å²) >= 11 is 0. The first-order chi connectivity index (χ1) is 25.4. The van der Waals surface area contributed by atoms with Gasteiger partial charge in [-0.05, 0) is 52.0 Å². The van der Waals surface area contributed by atoms with Crippen LogP contribution in [0.25, 0.3) is 0 Å². The molecular formula is C45H72Cl3N9SiTi. The van der Waals surface area contributed by atoms with Crippen molar-refractivity contribution in [1.29, 1.82) is 0 Å². The Kier molecular flexibility index (Phi) is 20.1. The molecule has 0 radical (unpaired) electrons. The van der Waals surface area contributed by atoms with E-state index in [1.54, 1.807) is 0 Å². The zero-order valence-corrected chi connectivity index (χ0v) is 45.0. The molecule has 0 aromatic heterocycles. The van der Waals surface area contributed by atoms with Gasteiger partial charge in [-0.3, -0.25) is 0 Å². The second-order valence-corrected chi connectivity index (χ2v) is 20.9. The van der Waals surface area contributed by atoms with Crippen LogP contribution in [-0.2, 0) is 21.7 Å². The molecule has 0 saturated heterocycles. The summed E-state index contributed by atoms with van der Waals surface area (Å²) in [6.07, 6.45) is 0. The monoisotopic (exact) mass is 919 g/mol. The van der Waals surface area contributed by atoms with Gasteiger partial charge < -0.3 is 81.3 Å². The van der Waals surface area contributed by atoms with Gasteiger partial charge in [-0.15, -0.1) is 0 Å². The van der Waals surface area contributed by atoms with Crippen LogP contribution < -0.4 is 102 Å². The summed E-state index contributed by atoms with van der Waals surface area (Å²) in [7, 11) is 36.1. The summed E-state index contributed by atoms with van der Waals surface area (Å²) in [6, 6.07) is 14.7. The number of hydrogen-bond acceptors (Lipinski definition) is 9. The minimum Gasteiger partial charge on any atom is -1.00 e. The molecule has 0 saturated carbocycles. The maximum absolute atomic E-state index is 3.47. The van der Waals surface area contributed by atoms with Gasteiger partial charge in [0.05, 0.1) is 34.1 Å². The molecule has 0 spiro atoms. The van der Waals surface area contributed by atoms with Crippen molar-refractivity contribution in [1.82, 2.24) is 0 Å². The Morgan fingerprint density at radius 3 is 0.797 bits per heavy atom. The summed E-state index contributed by atoms with van der Waals surface area (Å²) in [5.74, 6) is 0. The normalized spacial score (nSPS) is 10.7. The summed E-state index contributed by atoms with van der Waals surface area (Å²) in [4.78, 5) is 20.8. The molecule has 9 nitrogen and oxygen atoms in total. The van der Waals surface area contributed by atoms with Gasteiger partial charge in [-0.25, -0.2) is 0 Å². The van der Waals surface area contributed by atoms with Crippen LogP contribution in [0.4, 0.5) is 51.2 Å². The Hall–Kier alpha value is -2.99. The van der Waals surface area contributed by atoms with Crippen LogP contribution in [0.2, 0.25) is 0 Å². The van der Waals surface area contributed by atoms with E-state index in [9.17, 15) is 0 Å². The fourth-order valence-corrected chi connectivity index (χ4v) is 14.9. The molecule has 326 valence electrons. The summed E-state index contributed by atoms with van der Waals surface area (Å²) in [5.41, 5.74) is 16.4. The first-order valence-electron chi connectivity index (χ1n) is 19.3. The molecule has 0 aliphatic rings. The first kappa shape index (κ1) is 56.0. The SMILES string of the molecule is Cc1c(C)c([Si](c2cc(N(C)C)cc(N(C)C)c2N(C)C)(c2cc(N(C)C)cc(N(C)C)c2N(C)C)c2cc(N(C)C)cc(N(C)C)c2N(C)C)[c-](C)c1C.[Cl-].[Cl-].[Cl-].[Ti+4]. The van der Waals surface area contributed by atoms with Crippen molar-refractivity contribution in [2.24, 2.45) is 0 Å². The minimum absolute atomic E-state index is 0. The zero-order valence-electron chi connectivity index (χ0n) is 40.1. The van der Waals surface area contributed by atoms with E-state index in [-0.39, 0.29) is 58.9 Å². The van der Waals surface area contributed by atoms with Gasteiger partial charge in [-0.2, -0.15) is 27.4 Å². The molecule has 59 heavy (non-hydrogen) atoms. The molecule has 0 aliphatic carbocycles. The third-order valence-electron chi connectivity index (χ3n) is 11.6. The number of hydrogen-bond donors (Lipinski definition) is 0. The van der Waals surface area contributed by atoms with E-state index in [4.69, 9.17) is 0 Å². The van der Waals surface area contributed by atoms with Crippen molar-refractivity contribution < 1.29 is 58.9 Å². The summed E-state index contributed by atoms with van der Waals surface area (Å²) in [6.45, 7) is 9.44. The van der Waals surface area contributed by atoms with Crippen LogP contribution in [0.15, 0.2) is 36.4 Å². The molecule has 0 atom stereocenters. The Labute approximate surface area is 393 Å². The van der Waals surface area contributed by atoms with E-state index in [2.05, 4.69) is 235 Å². The molecule has 4 aromatic carbocycles. The third-order valence-corrected chi connectivity index (χ3v) is 16.7. The second kappa shape index (κ2) is 21.2. The van der Waals surface area contributed by atoms with Gasteiger partial charge in [-0.1, -0.05) is 27.7 Å². The van der Waals surface area contributed by atoms with Gasteiger partial charge in [0.1, 0.15) is 0 Å². The topological polar surface area (TPSA) is 29.2 Å². The molecule has 0 unspecified atom stereocenters. The van der Waals surface area contributed by atoms with Gasteiger partial charge in [0, 0.05) is 144 Å². The predicted molar refractivity (Wildman–Crippen MR) is 254 cm³/mol. The van der Waals surface area contributed by atoms with Crippen molar-refractivity contribution in [3.8, 4) is 0 Å². The smallest absolute Gasteiger partial charge is 1.00 e. The van der Waals surface area contributed by atoms with Crippen LogP contribution in [0.5, 0.6) is 0 Å². The molecule has 0 aliphatic heterocycles. The summed E-state index contributed by atoms with van der Waals surface area (Å²) in [5, 5.41) is 5.58. The number of benzene rings is 3. The number of anilines is 9. The maximum atomic E-state index is 2.54. The van der Waals surface area contributed by atoms with Crippen LogP contribution in [0.1, 0.15) is 22.3 Å². The Balaban J connectivity index is 0.00000841. The van der Waals surface area contributed by atoms with E-state index in [1.807, 2.05) is 0 Å². The molecule has 0 fully saturated rings. The van der Waals surface area contributed by atoms with Gasteiger partial charge in [0.2, 0.25) is 0 Å². The molecule has 14 heteroatoms. The minimum atomic E-state index is -3.47. The fourth-order valence-electron chi connectivity index (χ4n) is 8.50. The number of rotatable bonds is 13. The van der Waals surface area contributed by atoms with Gasteiger partial charge in [0.25, 0.3) is 0 Å². The first-order valence-corrected chi connectivity index (χ1v) is 21.3.